The lowest BCUT2D eigenvalue weighted by molar-refractivity contribution is 0.620. The smallest absolute Gasteiger partial charge is 0.227 e. The molecule has 1 aliphatic rings. The van der Waals surface area contributed by atoms with Crippen molar-refractivity contribution in [3.63, 3.8) is 0 Å². The fourth-order valence-electron chi connectivity index (χ4n) is 7.28. The van der Waals surface area contributed by atoms with Crippen LogP contribution in [0.25, 0.3) is 88.0 Å². The first-order chi connectivity index (χ1) is 24.0. The molecule has 0 saturated carbocycles. The lowest BCUT2D eigenvalue weighted by Crippen LogP contribution is -2.15. The molecule has 3 heterocycles. The van der Waals surface area contributed by atoms with Gasteiger partial charge in [0.05, 0.1) is 0 Å². The van der Waals surface area contributed by atoms with Gasteiger partial charge in [-0.05, 0) is 64.7 Å². The van der Waals surface area contributed by atoms with E-state index in [4.69, 9.17) is 19.4 Å². The van der Waals surface area contributed by atoms with E-state index < -0.39 is 0 Å². The van der Waals surface area contributed by atoms with Crippen LogP contribution in [0.5, 0.6) is 0 Å². The number of hydrogen-bond donors (Lipinski definition) is 0. The van der Waals surface area contributed by atoms with Crippen molar-refractivity contribution < 1.29 is 4.42 Å². The van der Waals surface area contributed by atoms with Gasteiger partial charge in [-0.3, -0.25) is 0 Å². The van der Waals surface area contributed by atoms with E-state index in [9.17, 15) is 0 Å². The molecule has 10 rings (SSSR count). The van der Waals surface area contributed by atoms with Crippen molar-refractivity contribution in [1.82, 2.24) is 19.9 Å². The molecule has 1 aliphatic carbocycles. The van der Waals surface area contributed by atoms with Crippen LogP contribution >= 0.6 is 11.3 Å². The first-order valence-electron chi connectivity index (χ1n) is 16.4. The van der Waals surface area contributed by atoms with E-state index in [0.717, 1.165) is 33.4 Å². The standard InChI is InChI=1S/C43H28N4OS/c1-43(2)33-14-5-3-10-28(33)29-23-22-27(24-34(29)43)40-45-39(25-18-20-26(21-19-25)42-44-35-15-6-7-16-36(35)48-42)46-41(47-40)32-13-9-12-31-30-11-4-8-17-37(30)49-38(31)32/h3-24H,1-2H3. The summed E-state index contributed by atoms with van der Waals surface area (Å²) < 4.78 is 8.46. The molecule has 0 amide bonds. The summed E-state index contributed by atoms with van der Waals surface area (Å²) in [6.07, 6.45) is 0. The van der Waals surface area contributed by atoms with Crippen molar-refractivity contribution in [2.75, 3.05) is 0 Å². The maximum atomic E-state index is 6.04. The highest BCUT2D eigenvalue weighted by atomic mass is 32.1. The lowest BCUT2D eigenvalue weighted by atomic mass is 9.82. The van der Waals surface area contributed by atoms with Gasteiger partial charge in [0.1, 0.15) is 5.52 Å². The number of hydrogen-bond acceptors (Lipinski definition) is 6. The fourth-order valence-corrected chi connectivity index (χ4v) is 8.49. The summed E-state index contributed by atoms with van der Waals surface area (Å²) in [7, 11) is 0. The van der Waals surface area contributed by atoms with E-state index in [2.05, 4.69) is 104 Å². The third-order valence-corrected chi connectivity index (χ3v) is 11.0. The second-order valence-corrected chi connectivity index (χ2v) is 14.1. The first-order valence-corrected chi connectivity index (χ1v) is 17.2. The number of para-hydroxylation sites is 2. The van der Waals surface area contributed by atoms with Crippen molar-refractivity contribution in [3.8, 4) is 56.7 Å². The van der Waals surface area contributed by atoms with E-state index in [0.29, 0.717) is 23.4 Å². The molecular formula is C43H28N4OS. The van der Waals surface area contributed by atoms with E-state index in [1.807, 2.05) is 48.5 Å². The van der Waals surface area contributed by atoms with E-state index in [1.165, 1.54) is 42.4 Å². The lowest BCUT2D eigenvalue weighted by Gasteiger charge is -2.21. The Labute approximate surface area is 286 Å². The SMILES string of the molecule is CC1(C)c2ccccc2-c2ccc(-c3nc(-c4ccc(-c5nc6ccccc6o5)cc4)nc(-c4cccc5c4sc4ccccc45)n3)cc21. The molecule has 232 valence electrons. The Morgan fingerprint density at radius 1 is 0.510 bits per heavy atom. The van der Waals surface area contributed by atoms with Crippen molar-refractivity contribution in [1.29, 1.82) is 0 Å². The molecule has 0 spiro atoms. The number of thiophene rings is 1. The number of benzene rings is 6. The summed E-state index contributed by atoms with van der Waals surface area (Å²) in [5.74, 6) is 2.51. The highest BCUT2D eigenvalue weighted by molar-refractivity contribution is 7.26. The van der Waals surface area contributed by atoms with Gasteiger partial charge in [-0.25, -0.2) is 19.9 Å². The summed E-state index contributed by atoms with van der Waals surface area (Å²) in [4.78, 5) is 20.1. The van der Waals surface area contributed by atoms with Gasteiger partial charge in [0.15, 0.2) is 23.1 Å². The predicted molar refractivity (Wildman–Crippen MR) is 200 cm³/mol. The molecule has 0 atom stereocenters. The quantitative estimate of drug-likeness (QED) is 0.190. The third kappa shape index (κ3) is 4.38. The highest BCUT2D eigenvalue weighted by Gasteiger charge is 2.35. The Morgan fingerprint density at radius 3 is 2.04 bits per heavy atom. The molecule has 5 nitrogen and oxygen atoms in total. The molecule has 0 unspecified atom stereocenters. The Morgan fingerprint density at radius 2 is 1.16 bits per heavy atom. The molecular weight excluding hydrogens is 621 g/mol. The minimum absolute atomic E-state index is 0.135. The Bertz CT molecular complexity index is 2720. The molecule has 0 saturated heterocycles. The van der Waals surface area contributed by atoms with Crippen LogP contribution in [-0.2, 0) is 5.41 Å². The average molecular weight is 649 g/mol. The van der Waals surface area contributed by atoms with Gasteiger partial charge in [0, 0.05) is 47.8 Å². The summed E-state index contributed by atoms with van der Waals surface area (Å²) in [6.45, 7) is 4.60. The first kappa shape index (κ1) is 28.1. The zero-order chi connectivity index (χ0) is 32.7. The number of nitrogens with zero attached hydrogens (tertiary/aromatic N) is 4. The molecule has 0 radical (unpaired) electrons. The number of oxazole rings is 1. The summed E-state index contributed by atoms with van der Waals surface area (Å²) >= 11 is 1.78. The summed E-state index contributed by atoms with van der Waals surface area (Å²) in [5, 5.41) is 2.45. The van der Waals surface area contributed by atoms with Crippen molar-refractivity contribution in [2.24, 2.45) is 0 Å². The van der Waals surface area contributed by atoms with Crippen molar-refractivity contribution in [3.05, 3.63) is 145 Å². The van der Waals surface area contributed by atoms with Crippen LogP contribution < -0.4 is 0 Å². The molecule has 49 heavy (non-hydrogen) atoms. The number of fused-ring (bicyclic) bond motifs is 7. The van der Waals surface area contributed by atoms with E-state index in [-0.39, 0.29) is 5.41 Å². The highest BCUT2D eigenvalue weighted by Crippen LogP contribution is 2.49. The molecule has 3 aromatic heterocycles. The van der Waals surface area contributed by atoms with Crippen LogP contribution in [-0.4, -0.2) is 19.9 Å². The monoisotopic (exact) mass is 648 g/mol. The Kier molecular flexibility index (Phi) is 6.02. The minimum Gasteiger partial charge on any atom is -0.436 e. The minimum atomic E-state index is -0.135. The van der Waals surface area contributed by atoms with E-state index >= 15 is 0 Å². The molecule has 0 fully saturated rings. The molecule has 6 heteroatoms. The van der Waals surface area contributed by atoms with Crippen LogP contribution in [0.2, 0.25) is 0 Å². The van der Waals surface area contributed by atoms with Gasteiger partial charge in [-0.15, -0.1) is 11.3 Å². The van der Waals surface area contributed by atoms with Gasteiger partial charge in [-0.2, -0.15) is 0 Å². The molecule has 6 aromatic carbocycles. The van der Waals surface area contributed by atoms with Gasteiger partial charge < -0.3 is 4.42 Å². The zero-order valence-electron chi connectivity index (χ0n) is 26.8. The number of rotatable bonds is 4. The van der Waals surface area contributed by atoms with Crippen LogP contribution in [0, 0.1) is 0 Å². The van der Waals surface area contributed by atoms with Crippen LogP contribution in [0.4, 0.5) is 0 Å². The zero-order valence-corrected chi connectivity index (χ0v) is 27.6. The van der Waals surface area contributed by atoms with Gasteiger partial charge in [0.2, 0.25) is 5.89 Å². The van der Waals surface area contributed by atoms with Crippen LogP contribution in [0.3, 0.4) is 0 Å². The Balaban J connectivity index is 1.14. The molecule has 0 N–H and O–H groups in total. The van der Waals surface area contributed by atoms with Crippen LogP contribution in [0.1, 0.15) is 25.0 Å². The van der Waals surface area contributed by atoms with Crippen molar-refractivity contribution in [2.45, 2.75) is 19.3 Å². The second-order valence-electron chi connectivity index (χ2n) is 13.1. The fraction of sp³-hybridized carbons (Fsp3) is 0.0698. The summed E-state index contributed by atoms with van der Waals surface area (Å²) in [6, 6.07) is 46.2. The van der Waals surface area contributed by atoms with Gasteiger partial charge in [0.25, 0.3) is 0 Å². The maximum absolute atomic E-state index is 6.04. The predicted octanol–water partition coefficient (Wildman–Crippen LogP) is 11.4. The maximum Gasteiger partial charge on any atom is 0.227 e. The largest absolute Gasteiger partial charge is 0.436 e. The van der Waals surface area contributed by atoms with Crippen molar-refractivity contribution >= 4 is 42.6 Å². The topological polar surface area (TPSA) is 64.7 Å². The third-order valence-electron chi connectivity index (χ3n) is 9.81. The molecule has 0 bridgehead atoms. The average Bonchev–Trinajstić information content (AvgIpc) is 3.82. The Hall–Kier alpha value is -5.98. The van der Waals surface area contributed by atoms with Gasteiger partial charge >= 0.3 is 0 Å². The molecule has 0 aliphatic heterocycles. The normalized spacial score (nSPS) is 13.3. The number of aromatic nitrogens is 4. The molecule has 9 aromatic rings. The van der Waals surface area contributed by atoms with Crippen LogP contribution in [0.15, 0.2) is 138 Å². The summed E-state index contributed by atoms with van der Waals surface area (Å²) in [5.41, 5.74) is 10.4. The van der Waals surface area contributed by atoms with Gasteiger partial charge in [-0.1, -0.05) is 105 Å². The van der Waals surface area contributed by atoms with E-state index in [1.54, 1.807) is 11.3 Å². The second kappa shape index (κ2) is 10.5.